The minimum atomic E-state index is -0.461. The van der Waals surface area contributed by atoms with E-state index in [9.17, 15) is 4.79 Å². The number of anilines is 2. The van der Waals surface area contributed by atoms with Crippen molar-refractivity contribution in [2.45, 2.75) is 13.5 Å². The van der Waals surface area contributed by atoms with Gasteiger partial charge in [-0.2, -0.15) is 0 Å². The highest BCUT2D eigenvalue weighted by Crippen LogP contribution is 2.16. The molecule has 0 aliphatic heterocycles. The number of hydrogen-bond acceptors (Lipinski definition) is 7. The molecule has 0 atom stereocenters. The molecule has 0 saturated heterocycles. The van der Waals surface area contributed by atoms with Crippen LogP contribution in [0.25, 0.3) is 0 Å². The molecule has 2 aromatic rings. The van der Waals surface area contributed by atoms with Crippen LogP contribution in [0, 0.1) is 0 Å². The van der Waals surface area contributed by atoms with Gasteiger partial charge in [-0.25, -0.2) is 19.7 Å². The topological polar surface area (TPSA) is 103 Å². The number of carbonyl (C=O) groups is 1. The SMILES string of the molecule is CCOC(=O)c1cc(NCc2ccncn2)ncc1N. The van der Waals surface area contributed by atoms with Crippen molar-refractivity contribution < 1.29 is 9.53 Å². The number of aromatic nitrogens is 3. The number of nitrogen functional groups attached to an aromatic ring is 1. The first kappa shape index (κ1) is 13.7. The van der Waals surface area contributed by atoms with Gasteiger partial charge in [0.1, 0.15) is 12.1 Å². The van der Waals surface area contributed by atoms with E-state index in [0.29, 0.717) is 24.5 Å². The Balaban J connectivity index is 2.09. The Kier molecular flexibility index (Phi) is 4.43. The summed E-state index contributed by atoms with van der Waals surface area (Å²) in [5.41, 5.74) is 7.12. The van der Waals surface area contributed by atoms with Gasteiger partial charge in [-0.15, -0.1) is 0 Å². The molecular formula is C13H15N5O2. The Morgan fingerprint density at radius 1 is 1.45 bits per heavy atom. The molecule has 0 aliphatic rings. The van der Waals surface area contributed by atoms with Gasteiger partial charge in [-0.3, -0.25) is 0 Å². The molecule has 2 rings (SSSR count). The zero-order valence-corrected chi connectivity index (χ0v) is 11.0. The van der Waals surface area contributed by atoms with E-state index in [4.69, 9.17) is 10.5 Å². The zero-order valence-electron chi connectivity index (χ0n) is 11.0. The van der Waals surface area contributed by atoms with Gasteiger partial charge in [0.2, 0.25) is 0 Å². The summed E-state index contributed by atoms with van der Waals surface area (Å²) in [6.45, 7) is 2.51. The molecular weight excluding hydrogens is 258 g/mol. The van der Waals surface area contributed by atoms with E-state index in [2.05, 4.69) is 20.3 Å². The Morgan fingerprint density at radius 3 is 3.00 bits per heavy atom. The second-order valence-corrected chi connectivity index (χ2v) is 3.93. The van der Waals surface area contributed by atoms with Crippen LogP contribution >= 0.6 is 0 Å². The van der Waals surface area contributed by atoms with E-state index in [1.54, 1.807) is 25.3 Å². The fraction of sp³-hybridized carbons (Fsp3) is 0.231. The number of carbonyl (C=O) groups excluding carboxylic acids is 1. The minimum Gasteiger partial charge on any atom is -0.462 e. The molecule has 0 radical (unpaired) electrons. The van der Waals surface area contributed by atoms with Crippen molar-refractivity contribution in [3.05, 3.63) is 42.1 Å². The number of nitrogens with two attached hydrogens (primary N) is 1. The number of hydrogen-bond donors (Lipinski definition) is 2. The van der Waals surface area contributed by atoms with Crippen LogP contribution in [0.5, 0.6) is 0 Å². The third kappa shape index (κ3) is 3.41. The van der Waals surface area contributed by atoms with Crippen LogP contribution in [0.1, 0.15) is 23.0 Å². The van der Waals surface area contributed by atoms with Crippen LogP contribution in [0.3, 0.4) is 0 Å². The van der Waals surface area contributed by atoms with Gasteiger partial charge in [0.05, 0.1) is 36.3 Å². The molecule has 7 heteroatoms. The highest BCUT2D eigenvalue weighted by atomic mass is 16.5. The summed E-state index contributed by atoms with van der Waals surface area (Å²) >= 11 is 0. The monoisotopic (exact) mass is 273 g/mol. The maximum Gasteiger partial charge on any atom is 0.340 e. The standard InChI is InChI=1S/C13H15N5O2/c1-2-20-13(19)10-5-12(17-7-11(10)14)16-6-9-3-4-15-8-18-9/h3-5,7-8H,2,6,14H2,1H3,(H,16,17). The first-order valence-corrected chi connectivity index (χ1v) is 6.12. The van der Waals surface area contributed by atoms with Gasteiger partial charge >= 0.3 is 5.97 Å². The Morgan fingerprint density at radius 2 is 2.30 bits per heavy atom. The number of nitrogens with zero attached hydrogens (tertiary/aromatic N) is 3. The van der Waals surface area contributed by atoms with Crippen molar-refractivity contribution in [2.75, 3.05) is 17.7 Å². The number of esters is 1. The first-order valence-electron chi connectivity index (χ1n) is 6.12. The highest BCUT2D eigenvalue weighted by Gasteiger charge is 2.12. The van der Waals surface area contributed by atoms with Gasteiger partial charge in [0.15, 0.2) is 0 Å². The fourth-order valence-corrected chi connectivity index (χ4v) is 1.55. The summed E-state index contributed by atoms with van der Waals surface area (Å²) in [4.78, 5) is 23.7. The molecule has 7 nitrogen and oxygen atoms in total. The molecule has 0 fully saturated rings. The van der Waals surface area contributed by atoms with Crippen molar-refractivity contribution in [1.82, 2.24) is 15.0 Å². The summed E-state index contributed by atoms with van der Waals surface area (Å²) in [6, 6.07) is 3.35. The maximum atomic E-state index is 11.7. The molecule has 20 heavy (non-hydrogen) atoms. The molecule has 104 valence electrons. The lowest BCUT2D eigenvalue weighted by atomic mass is 10.2. The fourth-order valence-electron chi connectivity index (χ4n) is 1.55. The largest absolute Gasteiger partial charge is 0.462 e. The Hall–Kier alpha value is -2.70. The third-order valence-corrected chi connectivity index (χ3v) is 2.52. The smallest absolute Gasteiger partial charge is 0.340 e. The molecule has 0 spiro atoms. The zero-order chi connectivity index (χ0) is 14.4. The summed E-state index contributed by atoms with van der Waals surface area (Å²) in [5.74, 6) is 0.0679. The van der Waals surface area contributed by atoms with Crippen molar-refractivity contribution in [3.8, 4) is 0 Å². The number of rotatable bonds is 5. The lowest BCUT2D eigenvalue weighted by molar-refractivity contribution is 0.0527. The van der Waals surface area contributed by atoms with Gasteiger partial charge in [0.25, 0.3) is 0 Å². The molecule has 0 aliphatic carbocycles. The van der Waals surface area contributed by atoms with Crippen LogP contribution in [0.15, 0.2) is 30.9 Å². The summed E-state index contributed by atoms with van der Waals surface area (Å²) in [6.07, 6.45) is 4.55. The van der Waals surface area contributed by atoms with Gasteiger partial charge in [-0.05, 0) is 19.1 Å². The van der Waals surface area contributed by atoms with Crippen molar-refractivity contribution in [1.29, 1.82) is 0 Å². The lowest BCUT2D eigenvalue weighted by Crippen LogP contribution is -2.10. The second kappa shape index (κ2) is 6.46. The molecule has 2 heterocycles. The molecule has 2 aromatic heterocycles. The number of ether oxygens (including phenoxy) is 1. The van der Waals surface area contributed by atoms with Crippen LogP contribution in [0.2, 0.25) is 0 Å². The van der Waals surface area contributed by atoms with Crippen molar-refractivity contribution in [2.24, 2.45) is 0 Å². The molecule has 0 saturated carbocycles. The predicted octanol–water partition coefficient (Wildman–Crippen LogP) is 1.24. The number of pyridine rings is 1. The number of nitrogens with one attached hydrogen (secondary N) is 1. The van der Waals surface area contributed by atoms with E-state index in [0.717, 1.165) is 5.69 Å². The van der Waals surface area contributed by atoms with Crippen LogP contribution < -0.4 is 11.1 Å². The quantitative estimate of drug-likeness (QED) is 0.790. The van der Waals surface area contributed by atoms with Gasteiger partial charge < -0.3 is 15.8 Å². The highest BCUT2D eigenvalue weighted by molar-refractivity contribution is 5.95. The summed E-state index contributed by atoms with van der Waals surface area (Å²) in [7, 11) is 0. The third-order valence-electron chi connectivity index (χ3n) is 2.52. The van der Waals surface area contributed by atoms with E-state index in [1.165, 1.54) is 12.5 Å². The average Bonchev–Trinajstić information content (AvgIpc) is 2.47. The Labute approximate surface area is 116 Å². The van der Waals surface area contributed by atoms with Crippen LogP contribution in [-0.2, 0) is 11.3 Å². The predicted molar refractivity (Wildman–Crippen MR) is 74.0 cm³/mol. The molecule has 0 amide bonds. The lowest BCUT2D eigenvalue weighted by Gasteiger charge is -2.09. The Bertz CT molecular complexity index is 589. The molecule has 0 bridgehead atoms. The summed E-state index contributed by atoms with van der Waals surface area (Å²) in [5, 5.41) is 3.06. The normalized spacial score (nSPS) is 10.1. The van der Waals surface area contributed by atoms with Crippen LogP contribution in [0.4, 0.5) is 11.5 Å². The maximum absolute atomic E-state index is 11.7. The summed E-state index contributed by atoms with van der Waals surface area (Å²) < 4.78 is 4.93. The van der Waals surface area contributed by atoms with Crippen LogP contribution in [-0.4, -0.2) is 27.5 Å². The molecule has 3 N–H and O–H groups in total. The first-order chi connectivity index (χ1) is 9.70. The van der Waals surface area contributed by atoms with Gasteiger partial charge in [0, 0.05) is 6.20 Å². The average molecular weight is 273 g/mol. The van der Waals surface area contributed by atoms with E-state index >= 15 is 0 Å². The molecule has 0 unspecified atom stereocenters. The van der Waals surface area contributed by atoms with E-state index < -0.39 is 5.97 Å². The molecule has 0 aromatic carbocycles. The second-order valence-electron chi connectivity index (χ2n) is 3.93. The van der Waals surface area contributed by atoms with Crippen molar-refractivity contribution in [3.63, 3.8) is 0 Å². The van der Waals surface area contributed by atoms with E-state index in [-0.39, 0.29) is 5.69 Å². The van der Waals surface area contributed by atoms with Crippen molar-refractivity contribution >= 4 is 17.5 Å². The minimum absolute atomic E-state index is 0.288. The van der Waals surface area contributed by atoms with E-state index in [1.807, 2.05) is 0 Å². The van der Waals surface area contributed by atoms with Gasteiger partial charge in [-0.1, -0.05) is 0 Å².